The molecule has 2 heterocycles. The maximum Gasteiger partial charge on any atom is 0.354 e. The van der Waals surface area contributed by atoms with Crippen molar-refractivity contribution in [1.29, 1.82) is 0 Å². The molecule has 1 unspecified atom stereocenters. The number of hydrogen-bond acceptors (Lipinski definition) is 4. The molecular formula is C12H18N4O3. The summed E-state index contributed by atoms with van der Waals surface area (Å²) in [5.41, 5.74) is -0.243. The van der Waals surface area contributed by atoms with Gasteiger partial charge in [0, 0.05) is 12.6 Å². The summed E-state index contributed by atoms with van der Waals surface area (Å²) in [7, 11) is 0. The van der Waals surface area contributed by atoms with Crippen molar-refractivity contribution in [3.63, 3.8) is 0 Å². The van der Waals surface area contributed by atoms with Gasteiger partial charge in [-0.15, -0.1) is 0 Å². The van der Waals surface area contributed by atoms with Crippen LogP contribution in [0.5, 0.6) is 0 Å². The molecule has 1 aliphatic rings. The second-order valence-corrected chi connectivity index (χ2v) is 4.73. The Morgan fingerprint density at radius 2 is 2.21 bits per heavy atom. The molecule has 0 aliphatic carbocycles. The highest BCUT2D eigenvalue weighted by atomic mass is 16.4. The summed E-state index contributed by atoms with van der Waals surface area (Å²) < 4.78 is 0. The summed E-state index contributed by atoms with van der Waals surface area (Å²) in [5.74, 6) is -1.64. The van der Waals surface area contributed by atoms with E-state index in [1.54, 1.807) is 0 Å². The lowest BCUT2D eigenvalue weighted by Gasteiger charge is -2.23. The number of amides is 1. The minimum Gasteiger partial charge on any atom is -0.477 e. The first-order valence-electron chi connectivity index (χ1n) is 6.38. The third kappa shape index (κ3) is 3.11. The minimum atomic E-state index is -1.18. The number of nitrogens with one attached hydrogen (secondary N) is 2. The predicted molar refractivity (Wildman–Crippen MR) is 68.1 cm³/mol. The fraction of sp³-hybridized carbons (Fsp3) is 0.583. The maximum absolute atomic E-state index is 11.9. The number of carboxylic acids is 1. The molecule has 1 atom stereocenters. The number of nitrogens with zero attached hydrogens (tertiary/aromatic N) is 2. The molecule has 0 radical (unpaired) electrons. The summed E-state index contributed by atoms with van der Waals surface area (Å²) in [4.78, 5) is 31.3. The number of aromatic carboxylic acids is 1. The standard InChI is InChI=1S/C12H18N4O3/c1-8(16-4-2-3-5-16)6-13-11(17)9-10(12(18)19)15-7-14-9/h7-8H,2-6H2,1H3,(H,13,17)(H,14,15)(H,18,19). The van der Waals surface area contributed by atoms with Crippen molar-refractivity contribution >= 4 is 11.9 Å². The Morgan fingerprint density at radius 1 is 1.53 bits per heavy atom. The molecule has 2 rings (SSSR count). The SMILES string of the molecule is CC(CNC(=O)c1nc[nH]c1C(=O)O)N1CCCC1. The predicted octanol–water partition coefficient (Wildman–Crippen LogP) is 0.322. The van der Waals surface area contributed by atoms with E-state index in [1.807, 2.05) is 6.92 Å². The highest BCUT2D eigenvalue weighted by Gasteiger charge is 2.22. The molecule has 19 heavy (non-hydrogen) atoms. The Hall–Kier alpha value is -1.89. The molecule has 1 fully saturated rings. The van der Waals surface area contributed by atoms with Gasteiger partial charge < -0.3 is 15.4 Å². The molecule has 1 aromatic heterocycles. The Morgan fingerprint density at radius 3 is 2.84 bits per heavy atom. The van der Waals surface area contributed by atoms with Crippen LogP contribution in [0, 0.1) is 0 Å². The van der Waals surface area contributed by atoms with Gasteiger partial charge in [-0.25, -0.2) is 9.78 Å². The van der Waals surface area contributed by atoms with E-state index in [4.69, 9.17) is 5.11 Å². The van der Waals surface area contributed by atoms with Gasteiger partial charge in [0.15, 0.2) is 11.4 Å². The largest absolute Gasteiger partial charge is 0.477 e. The number of carbonyl (C=O) groups is 2. The quantitative estimate of drug-likeness (QED) is 0.713. The Kier molecular flexibility index (Phi) is 4.16. The van der Waals surface area contributed by atoms with Gasteiger partial charge in [-0.1, -0.05) is 0 Å². The first-order chi connectivity index (χ1) is 9.09. The fourth-order valence-corrected chi connectivity index (χ4v) is 2.27. The maximum atomic E-state index is 11.9. The van der Waals surface area contributed by atoms with Gasteiger partial charge in [-0.3, -0.25) is 9.69 Å². The molecule has 0 aromatic carbocycles. The zero-order valence-corrected chi connectivity index (χ0v) is 10.8. The van der Waals surface area contributed by atoms with Gasteiger partial charge in [0.2, 0.25) is 0 Å². The molecule has 0 spiro atoms. The average molecular weight is 266 g/mol. The Balaban J connectivity index is 1.90. The molecule has 1 aromatic rings. The van der Waals surface area contributed by atoms with Crippen LogP contribution in [0.1, 0.15) is 40.7 Å². The van der Waals surface area contributed by atoms with E-state index in [0.29, 0.717) is 6.54 Å². The molecule has 0 saturated carbocycles. The summed E-state index contributed by atoms with van der Waals surface area (Å²) in [5, 5.41) is 11.6. The summed E-state index contributed by atoms with van der Waals surface area (Å²) in [6, 6.07) is 0.249. The van der Waals surface area contributed by atoms with Crippen molar-refractivity contribution in [1.82, 2.24) is 20.2 Å². The first-order valence-corrected chi connectivity index (χ1v) is 6.38. The average Bonchev–Trinajstić information content (AvgIpc) is 3.04. The van der Waals surface area contributed by atoms with E-state index in [-0.39, 0.29) is 17.4 Å². The van der Waals surface area contributed by atoms with Crippen LogP contribution >= 0.6 is 0 Å². The van der Waals surface area contributed by atoms with Crippen LogP contribution in [0.2, 0.25) is 0 Å². The number of aromatic nitrogens is 2. The van der Waals surface area contributed by atoms with Crippen molar-refractivity contribution in [3.8, 4) is 0 Å². The third-order valence-electron chi connectivity index (χ3n) is 3.39. The number of hydrogen-bond donors (Lipinski definition) is 3. The van der Waals surface area contributed by atoms with E-state index < -0.39 is 11.9 Å². The lowest BCUT2D eigenvalue weighted by Crippen LogP contribution is -2.41. The zero-order valence-electron chi connectivity index (χ0n) is 10.8. The monoisotopic (exact) mass is 266 g/mol. The van der Waals surface area contributed by atoms with E-state index >= 15 is 0 Å². The fourth-order valence-electron chi connectivity index (χ4n) is 2.27. The van der Waals surface area contributed by atoms with Crippen LogP contribution in [0.15, 0.2) is 6.33 Å². The van der Waals surface area contributed by atoms with Crippen molar-refractivity contribution in [2.24, 2.45) is 0 Å². The molecule has 1 aliphatic heterocycles. The van der Waals surface area contributed by atoms with Gasteiger partial charge in [-0.05, 0) is 32.9 Å². The first kappa shape index (κ1) is 13.5. The molecule has 0 bridgehead atoms. The second-order valence-electron chi connectivity index (χ2n) is 4.73. The molecular weight excluding hydrogens is 248 g/mol. The number of carbonyl (C=O) groups excluding carboxylic acids is 1. The lowest BCUT2D eigenvalue weighted by atomic mass is 10.2. The van der Waals surface area contributed by atoms with E-state index in [1.165, 1.54) is 19.2 Å². The van der Waals surface area contributed by atoms with E-state index in [9.17, 15) is 9.59 Å². The van der Waals surface area contributed by atoms with Gasteiger partial charge in [0.05, 0.1) is 6.33 Å². The number of rotatable bonds is 5. The number of H-pyrrole nitrogens is 1. The summed E-state index contributed by atoms with van der Waals surface area (Å²) in [6.07, 6.45) is 3.60. The highest BCUT2D eigenvalue weighted by molar-refractivity contribution is 6.02. The lowest BCUT2D eigenvalue weighted by molar-refractivity contribution is 0.0684. The highest BCUT2D eigenvalue weighted by Crippen LogP contribution is 2.11. The van der Waals surface area contributed by atoms with Crippen LogP contribution < -0.4 is 5.32 Å². The molecule has 7 nitrogen and oxygen atoms in total. The van der Waals surface area contributed by atoms with Gasteiger partial charge in [0.25, 0.3) is 5.91 Å². The number of imidazole rings is 1. The summed E-state index contributed by atoms with van der Waals surface area (Å²) in [6.45, 7) is 4.65. The number of aromatic amines is 1. The van der Waals surface area contributed by atoms with Crippen LogP contribution in [-0.2, 0) is 0 Å². The van der Waals surface area contributed by atoms with Gasteiger partial charge in [0.1, 0.15) is 0 Å². The molecule has 7 heteroatoms. The topological polar surface area (TPSA) is 98.3 Å². The Bertz CT molecular complexity index is 465. The van der Waals surface area contributed by atoms with Crippen molar-refractivity contribution < 1.29 is 14.7 Å². The number of likely N-dealkylation sites (tertiary alicyclic amines) is 1. The van der Waals surface area contributed by atoms with Crippen molar-refractivity contribution in [2.75, 3.05) is 19.6 Å². The van der Waals surface area contributed by atoms with Crippen LogP contribution in [0.4, 0.5) is 0 Å². The van der Waals surface area contributed by atoms with Crippen molar-refractivity contribution in [3.05, 3.63) is 17.7 Å². The molecule has 104 valence electrons. The molecule has 1 amide bonds. The van der Waals surface area contributed by atoms with E-state index in [2.05, 4.69) is 20.2 Å². The Labute approximate surface area is 111 Å². The zero-order chi connectivity index (χ0) is 13.8. The normalized spacial score (nSPS) is 17.3. The van der Waals surface area contributed by atoms with Crippen molar-refractivity contribution in [2.45, 2.75) is 25.8 Å². The smallest absolute Gasteiger partial charge is 0.354 e. The molecule has 1 saturated heterocycles. The van der Waals surface area contributed by atoms with Gasteiger partial charge >= 0.3 is 5.97 Å². The minimum absolute atomic E-state index is 0.0684. The number of carboxylic acid groups (broad SMARTS) is 1. The van der Waals surface area contributed by atoms with Crippen LogP contribution in [0.25, 0.3) is 0 Å². The van der Waals surface area contributed by atoms with Crippen LogP contribution in [-0.4, -0.2) is 57.5 Å². The molecule has 3 N–H and O–H groups in total. The van der Waals surface area contributed by atoms with Gasteiger partial charge in [-0.2, -0.15) is 0 Å². The van der Waals surface area contributed by atoms with Crippen LogP contribution in [0.3, 0.4) is 0 Å². The summed E-state index contributed by atoms with van der Waals surface area (Å²) >= 11 is 0. The second kappa shape index (κ2) is 5.83. The van der Waals surface area contributed by atoms with E-state index in [0.717, 1.165) is 13.1 Å². The third-order valence-corrected chi connectivity index (χ3v) is 3.39.